The van der Waals surface area contributed by atoms with Gasteiger partial charge in [-0.05, 0) is 67.8 Å². The second-order valence-electron chi connectivity index (χ2n) is 16.7. The molecule has 1 aliphatic heterocycles. The number of hydrogen-bond acceptors (Lipinski definition) is 3. The molecule has 0 saturated heterocycles. The first-order valence-electron chi connectivity index (χ1n) is 26.2. The van der Waals surface area contributed by atoms with Gasteiger partial charge >= 0.3 is 27.1 Å². The first-order chi connectivity index (χ1) is 34.9. The van der Waals surface area contributed by atoms with Crippen LogP contribution < -0.4 is 13.9 Å². The van der Waals surface area contributed by atoms with Gasteiger partial charge in [0.1, 0.15) is 11.5 Å². The Morgan fingerprint density at radius 1 is 0.645 bits per heavy atom. The van der Waals surface area contributed by atoms with E-state index in [1.54, 1.807) is 41.2 Å². The minimum Gasteiger partial charge on any atom is -0.509 e. The molecule has 0 unspecified atom stereocenters. The van der Waals surface area contributed by atoms with Crippen LogP contribution in [0, 0.1) is 12.1 Å². The van der Waals surface area contributed by atoms with Crippen LogP contribution in [-0.4, -0.2) is 20.5 Å². The smallest absolute Gasteiger partial charge is 0.509 e. The number of nitrogens with zero attached hydrogens (tertiary/aromatic N) is 5. The van der Waals surface area contributed by atoms with Crippen molar-refractivity contribution in [2.75, 3.05) is 0 Å². The van der Waals surface area contributed by atoms with E-state index in [4.69, 9.17) is 24.8 Å². The van der Waals surface area contributed by atoms with E-state index in [9.17, 15) is 2.74 Å². The summed E-state index contributed by atoms with van der Waals surface area (Å²) in [5.41, 5.74) is 1.85. The monoisotopic (exact) mass is 999 g/mol. The Kier molecular flexibility index (Phi) is 7.21. The number of aromatic nitrogens is 3. The van der Waals surface area contributed by atoms with E-state index in [-0.39, 0.29) is 37.9 Å². The van der Waals surface area contributed by atoms with Crippen molar-refractivity contribution in [3.8, 4) is 39.6 Å². The molecule has 4 heterocycles. The molecule has 9 aromatic rings. The maximum atomic E-state index is 9.42. The van der Waals surface area contributed by atoms with Crippen molar-refractivity contribution in [1.82, 2.24) is 23.7 Å². The zero-order chi connectivity index (χ0) is 53.2. The Labute approximate surface area is 395 Å². The molecule has 0 atom stereocenters. The number of pyridine rings is 2. The molecule has 0 spiro atoms. The average molecular weight is 1000 g/mol. The predicted octanol–water partition coefficient (Wildman–Crippen LogP) is 13.7. The van der Waals surface area contributed by atoms with Crippen LogP contribution in [0.2, 0.25) is 0 Å². The number of para-hydroxylation sites is 3. The second-order valence-corrected chi connectivity index (χ2v) is 16.7. The molecular weight excluding hydrogens is 942 g/mol. The zero-order valence-electron chi connectivity index (χ0n) is 47.5. The minimum atomic E-state index is -0.781. The van der Waals surface area contributed by atoms with Crippen LogP contribution in [0.15, 0.2) is 164 Å². The molecule has 0 aliphatic carbocycles. The minimum absolute atomic E-state index is 0. The maximum absolute atomic E-state index is 9.42. The Bertz CT molecular complexity index is 3850. The largest absolute Gasteiger partial charge is 2.00 e. The van der Waals surface area contributed by atoms with Gasteiger partial charge < -0.3 is 9.30 Å². The summed E-state index contributed by atoms with van der Waals surface area (Å²) in [6.45, 7) is 12.5. The van der Waals surface area contributed by atoms with Crippen molar-refractivity contribution in [3.05, 3.63) is 187 Å². The van der Waals surface area contributed by atoms with E-state index >= 15 is 0 Å². The zero-order valence-corrected chi connectivity index (χ0v) is 36.8. The first-order valence-corrected chi connectivity index (χ1v) is 19.7. The van der Waals surface area contributed by atoms with E-state index in [2.05, 4.69) is 50.0 Å². The van der Waals surface area contributed by atoms with Crippen LogP contribution in [0.3, 0.4) is 0 Å². The number of rotatable bonds is 7. The Morgan fingerprint density at radius 2 is 1.31 bits per heavy atom. The number of ether oxygens (including phenoxy) is 1. The third-order valence-electron chi connectivity index (χ3n) is 10.6. The summed E-state index contributed by atoms with van der Waals surface area (Å²) in [5.74, 6) is 1.35. The molecule has 304 valence electrons. The summed E-state index contributed by atoms with van der Waals surface area (Å²) in [5, 5.41) is 1.78. The molecule has 0 bridgehead atoms. The summed E-state index contributed by atoms with van der Waals surface area (Å²) in [6, 6.07) is 21.1. The van der Waals surface area contributed by atoms with Crippen molar-refractivity contribution in [3.63, 3.8) is 0 Å². The van der Waals surface area contributed by atoms with E-state index in [0.717, 1.165) is 27.4 Å². The second kappa shape index (κ2) is 16.0. The van der Waals surface area contributed by atoms with Gasteiger partial charge in [-0.3, -0.25) is 4.98 Å². The molecule has 10 rings (SSSR count). The van der Waals surface area contributed by atoms with Crippen LogP contribution in [0.5, 0.6) is 11.5 Å². The molecular formula is C55H45N5OPt+2. The number of hydrogen-bond donors (Lipinski definition) is 0. The average Bonchev–Trinajstić information content (AvgIpc) is 3.92. The van der Waals surface area contributed by atoms with Gasteiger partial charge in [0.2, 0.25) is 5.69 Å². The van der Waals surface area contributed by atoms with Gasteiger partial charge in [-0.2, -0.15) is 6.07 Å². The van der Waals surface area contributed by atoms with Gasteiger partial charge in [0.05, 0.1) is 28.9 Å². The van der Waals surface area contributed by atoms with Crippen LogP contribution in [0.4, 0.5) is 22.7 Å². The van der Waals surface area contributed by atoms with Crippen LogP contribution >= 0.6 is 0 Å². The van der Waals surface area contributed by atoms with E-state index in [0.29, 0.717) is 34.1 Å². The molecule has 0 N–H and O–H groups in total. The van der Waals surface area contributed by atoms with Gasteiger partial charge in [0, 0.05) is 47.7 Å². The van der Waals surface area contributed by atoms with Crippen molar-refractivity contribution in [1.29, 1.82) is 0 Å². The fourth-order valence-corrected chi connectivity index (χ4v) is 7.47. The van der Waals surface area contributed by atoms with Crippen LogP contribution in [0.25, 0.3) is 49.9 Å². The summed E-state index contributed by atoms with van der Waals surface area (Å²) in [7, 11) is 0. The van der Waals surface area contributed by atoms with Gasteiger partial charge in [0.25, 0.3) is 11.4 Å². The third kappa shape index (κ3) is 7.40. The van der Waals surface area contributed by atoms with Crippen molar-refractivity contribution >= 4 is 50.6 Å². The van der Waals surface area contributed by atoms with Crippen LogP contribution in [-0.2, 0) is 31.9 Å². The van der Waals surface area contributed by atoms with Crippen molar-refractivity contribution < 1.29 is 43.6 Å². The fourth-order valence-electron chi connectivity index (χ4n) is 7.47. The normalized spacial score (nSPS) is 15.4. The number of benzene rings is 6. The molecule has 6 aromatic carbocycles. The standard InChI is InChI=1S/C55H45N5O.Pt/c1-54(2,3)39-26-29-57-52(32-39)60-48-27-28-56-35-47(48)46-25-24-42(34-51(46)60)61-43-31-40(55(4,5)6)30-41(33-43)58-36-59(50-23-14-13-22-49(50)58)53-44(37-16-9-7-10-17-37)20-15-21-45(53)38-18-11-8-12-19-38;/h7-32,35H,1-6H3;/q;+2/i7D,8D,9D,10D,11D,12D,15D,16D,17D,18D,19D,20D,21D;. The summed E-state index contributed by atoms with van der Waals surface area (Å²) < 4.78 is 127. The molecule has 0 saturated carbocycles. The summed E-state index contributed by atoms with van der Waals surface area (Å²) in [4.78, 5) is 9.22. The summed E-state index contributed by atoms with van der Waals surface area (Å²) >= 11 is 0. The van der Waals surface area contributed by atoms with Crippen molar-refractivity contribution in [2.45, 2.75) is 52.4 Å². The van der Waals surface area contributed by atoms with Crippen LogP contribution in [0.1, 0.15) is 70.5 Å². The quantitative estimate of drug-likeness (QED) is 0.118. The van der Waals surface area contributed by atoms with Gasteiger partial charge in [-0.25, -0.2) is 4.98 Å². The van der Waals surface area contributed by atoms with E-state index in [1.165, 1.54) is 4.58 Å². The van der Waals surface area contributed by atoms with Gasteiger partial charge in [-0.15, -0.1) is 29.1 Å². The topological polar surface area (TPSA) is 46.0 Å². The Hall–Kier alpha value is -6.71. The molecule has 6 nitrogen and oxygen atoms in total. The van der Waals surface area contributed by atoms with Gasteiger partial charge in [-0.1, -0.05) is 142 Å². The molecule has 7 heteroatoms. The van der Waals surface area contributed by atoms with Gasteiger partial charge in [0.15, 0.2) is 0 Å². The molecule has 62 heavy (non-hydrogen) atoms. The Morgan fingerprint density at radius 3 is 1.97 bits per heavy atom. The first kappa shape index (κ1) is 28.0. The molecule has 0 fully saturated rings. The SMILES string of the molecule is [2H]c1c([2H])c([2H])c(-c2c([2H])c([2H])c([2H])c(-c3c([2H])c([2H])c([2H])c([2H])c3[2H])c2[N+]2=C=[N+](c3[c-]c(Oc4[c-]c5c(cc4)c4cnccc4n5-c4cc(C(C)(C)C)ccn4)cc(C(C)(C)C)c3)c3ccccc32)c([2H])c1[2H].[Pt+2]. The van der Waals surface area contributed by atoms with E-state index < -0.39 is 106 Å². The molecule has 3 aromatic heterocycles. The summed E-state index contributed by atoms with van der Waals surface area (Å²) in [6.07, 6.45) is 5.34. The fraction of sp³-hybridized carbons (Fsp3) is 0.145. The Balaban J connectivity index is 0.00000689. The maximum Gasteiger partial charge on any atom is 2.00 e. The van der Waals surface area contributed by atoms with Crippen molar-refractivity contribution in [2.24, 2.45) is 0 Å². The third-order valence-corrected chi connectivity index (χ3v) is 10.6. The van der Waals surface area contributed by atoms with E-state index in [1.807, 2.05) is 67.9 Å². The molecule has 0 radical (unpaired) electrons. The molecule has 0 amide bonds. The number of fused-ring (bicyclic) bond motifs is 4. The predicted molar refractivity (Wildman–Crippen MR) is 250 cm³/mol. The molecule has 1 aliphatic rings.